The van der Waals surface area contributed by atoms with Gasteiger partial charge in [0.15, 0.2) is 0 Å². The van der Waals surface area contributed by atoms with Crippen molar-refractivity contribution in [1.29, 1.82) is 0 Å². The Balaban J connectivity index is 0.000000544. The monoisotopic (exact) mass is 370 g/mol. The largest absolute Gasteiger partial charge is 0.462 e. The third-order valence-electron chi connectivity index (χ3n) is 2.78. The van der Waals surface area contributed by atoms with Crippen molar-refractivity contribution in [2.24, 2.45) is 0 Å². The first kappa shape index (κ1) is 23.1. The highest BCUT2D eigenvalue weighted by molar-refractivity contribution is 6.30. The third kappa shape index (κ3) is 9.25. The van der Waals surface area contributed by atoms with Crippen molar-refractivity contribution in [3.05, 3.63) is 47.0 Å². The zero-order chi connectivity index (χ0) is 19.6. The summed E-state index contributed by atoms with van der Waals surface area (Å²) in [5.74, 6) is 0.0434. The van der Waals surface area contributed by atoms with E-state index < -0.39 is 0 Å². The molecule has 0 aliphatic heterocycles. The minimum atomic E-state index is -0.357. The van der Waals surface area contributed by atoms with E-state index in [0.29, 0.717) is 23.1 Å². The van der Waals surface area contributed by atoms with Gasteiger partial charge < -0.3 is 4.74 Å². The topological polar surface area (TPSA) is 44.1 Å². The highest BCUT2D eigenvalue weighted by Crippen LogP contribution is 2.19. The Kier molecular flexibility index (Phi) is 10.1. The van der Waals surface area contributed by atoms with Gasteiger partial charge in [0.2, 0.25) is 0 Å². The van der Waals surface area contributed by atoms with Crippen molar-refractivity contribution in [1.82, 2.24) is 9.78 Å². The summed E-state index contributed by atoms with van der Waals surface area (Å²) in [5.41, 5.74) is 1.43. The number of halogens is 2. The number of carbonyl (C=O) groups excluding carboxylic acids is 1. The van der Waals surface area contributed by atoms with Gasteiger partial charge in [-0.3, -0.25) is 4.79 Å². The van der Waals surface area contributed by atoms with E-state index in [2.05, 4.69) is 23.7 Å². The lowest BCUT2D eigenvalue weighted by Gasteiger charge is -2.14. The maximum atomic E-state index is 13.2. The zero-order valence-corrected chi connectivity index (χ0v) is 16.8. The first-order chi connectivity index (χ1) is 11.6. The van der Waals surface area contributed by atoms with E-state index in [1.807, 2.05) is 40.8 Å². The van der Waals surface area contributed by atoms with E-state index in [-0.39, 0.29) is 11.4 Å². The lowest BCUT2D eigenvalue weighted by atomic mass is 10.1. The van der Waals surface area contributed by atoms with Crippen LogP contribution >= 0.6 is 11.6 Å². The van der Waals surface area contributed by atoms with E-state index >= 15 is 0 Å². The summed E-state index contributed by atoms with van der Waals surface area (Å²) in [6.07, 6.45) is 3.67. The van der Waals surface area contributed by atoms with Crippen molar-refractivity contribution in [2.45, 2.75) is 60.0 Å². The van der Waals surface area contributed by atoms with Crippen LogP contribution in [0.4, 0.5) is 4.39 Å². The second-order valence-corrected chi connectivity index (χ2v) is 6.76. The molecular weight excluding hydrogens is 343 g/mol. The number of benzene rings is 1. The van der Waals surface area contributed by atoms with Crippen LogP contribution < -0.4 is 0 Å². The number of hydrogen-bond acceptors (Lipinski definition) is 3. The summed E-state index contributed by atoms with van der Waals surface area (Å²) in [5, 5.41) is 4.55. The molecule has 1 heterocycles. The molecule has 6 heteroatoms. The summed E-state index contributed by atoms with van der Waals surface area (Å²) < 4.78 is 19.3. The van der Waals surface area contributed by atoms with Gasteiger partial charge in [0.25, 0.3) is 6.47 Å². The molecule has 0 fully saturated rings. The van der Waals surface area contributed by atoms with Crippen molar-refractivity contribution in [3.8, 4) is 5.69 Å². The zero-order valence-electron chi connectivity index (χ0n) is 16.0. The van der Waals surface area contributed by atoms with Crippen molar-refractivity contribution in [3.63, 3.8) is 0 Å². The van der Waals surface area contributed by atoms with Crippen LogP contribution in [-0.4, -0.2) is 21.9 Å². The molecule has 0 atom stereocenters. The van der Waals surface area contributed by atoms with Crippen LogP contribution in [0.1, 0.15) is 59.9 Å². The summed E-state index contributed by atoms with van der Waals surface area (Å²) in [6, 6.07) is 4.36. The Morgan fingerprint density at radius 1 is 1.24 bits per heavy atom. The molecule has 1 aromatic carbocycles. The average Bonchev–Trinajstić information content (AvgIpc) is 2.98. The van der Waals surface area contributed by atoms with E-state index in [9.17, 15) is 9.18 Å². The van der Waals surface area contributed by atoms with Crippen LogP contribution in [0.5, 0.6) is 0 Å². The number of rotatable bonds is 3. The minimum absolute atomic E-state index is 0.318. The Labute approximate surface area is 155 Å². The van der Waals surface area contributed by atoms with Crippen LogP contribution in [0.2, 0.25) is 5.02 Å². The quantitative estimate of drug-likeness (QED) is 0.644. The third-order valence-corrected chi connectivity index (χ3v) is 3.00. The summed E-state index contributed by atoms with van der Waals surface area (Å²) in [7, 11) is 0. The van der Waals surface area contributed by atoms with Crippen LogP contribution in [0, 0.1) is 5.82 Å². The van der Waals surface area contributed by atoms with Gasteiger partial charge in [-0.2, -0.15) is 5.10 Å². The van der Waals surface area contributed by atoms with E-state index in [1.165, 1.54) is 12.1 Å². The smallest absolute Gasteiger partial charge is 0.293 e. The minimum Gasteiger partial charge on any atom is -0.462 e. The van der Waals surface area contributed by atoms with Gasteiger partial charge in [0.1, 0.15) is 11.4 Å². The number of nitrogens with zero attached hydrogens (tertiary/aromatic N) is 2. The van der Waals surface area contributed by atoms with Crippen LogP contribution in [0.3, 0.4) is 0 Å². The maximum Gasteiger partial charge on any atom is 0.293 e. The molecule has 2 rings (SSSR count). The second kappa shape index (κ2) is 10.9. The van der Waals surface area contributed by atoms with Crippen LogP contribution in [-0.2, 0) is 9.53 Å². The fourth-order valence-corrected chi connectivity index (χ4v) is 1.81. The Hall–Kier alpha value is -1.88. The molecule has 0 aliphatic rings. The number of hydrogen-bond donors (Lipinski definition) is 0. The van der Waals surface area contributed by atoms with Crippen LogP contribution in [0.15, 0.2) is 30.6 Å². The molecule has 25 heavy (non-hydrogen) atoms. The van der Waals surface area contributed by atoms with Gasteiger partial charge in [-0.25, -0.2) is 9.07 Å². The normalized spacial score (nSPS) is 10.3. The van der Waals surface area contributed by atoms with E-state index in [0.717, 1.165) is 5.56 Å². The van der Waals surface area contributed by atoms with Crippen LogP contribution in [0.25, 0.3) is 5.69 Å². The molecule has 0 aliphatic carbocycles. The Bertz CT molecular complexity index is 629. The van der Waals surface area contributed by atoms with Gasteiger partial charge in [-0.1, -0.05) is 39.3 Å². The van der Waals surface area contributed by atoms with Gasteiger partial charge in [-0.05, 0) is 50.5 Å². The molecule has 140 valence electrons. The molecule has 0 saturated carbocycles. The molecular formula is C19H28ClFN2O2. The highest BCUT2D eigenvalue weighted by Gasteiger charge is 2.07. The van der Waals surface area contributed by atoms with Gasteiger partial charge >= 0.3 is 0 Å². The van der Waals surface area contributed by atoms with Gasteiger partial charge in [0.05, 0.1) is 11.9 Å². The maximum absolute atomic E-state index is 13.2. The SMILES string of the molecule is CC.CC(C)(C)OC=O.CC(C)c1cnn(-c2cc(F)cc(Cl)c2)c1. The van der Waals surface area contributed by atoms with E-state index in [4.69, 9.17) is 11.6 Å². The molecule has 0 N–H and O–H groups in total. The van der Waals surface area contributed by atoms with Gasteiger partial charge in [-0.15, -0.1) is 0 Å². The molecule has 2 aromatic rings. The second-order valence-electron chi connectivity index (χ2n) is 6.33. The van der Waals surface area contributed by atoms with Crippen molar-refractivity contribution in [2.75, 3.05) is 0 Å². The Morgan fingerprint density at radius 2 is 1.84 bits per heavy atom. The van der Waals surface area contributed by atoms with E-state index in [1.54, 1.807) is 16.9 Å². The van der Waals surface area contributed by atoms with Gasteiger partial charge in [0, 0.05) is 11.2 Å². The lowest BCUT2D eigenvalue weighted by molar-refractivity contribution is -0.138. The van der Waals surface area contributed by atoms with Crippen molar-refractivity contribution >= 4 is 18.1 Å². The number of carbonyl (C=O) groups is 1. The molecule has 0 bridgehead atoms. The standard InChI is InChI=1S/C12H12ClFN2.C5H10O2.C2H6/c1-8(2)9-6-15-16(7-9)12-4-10(13)3-11(14)5-12;1-5(2,3)7-4-6;1-2/h3-8H,1-2H3;4H,1-3H3;1-2H3. The molecule has 0 radical (unpaired) electrons. The number of ether oxygens (including phenoxy) is 1. The molecule has 0 spiro atoms. The first-order valence-corrected chi connectivity index (χ1v) is 8.62. The summed E-state index contributed by atoms with van der Waals surface area (Å²) in [6.45, 7) is 14.1. The fourth-order valence-electron chi connectivity index (χ4n) is 1.59. The number of aromatic nitrogens is 2. The average molecular weight is 371 g/mol. The molecule has 1 aromatic heterocycles. The lowest BCUT2D eigenvalue weighted by Crippen LogP contribution is -2.17. The fraction of sp³-hybridized carbons (Fsp3) is 0.474. The predicted molar refractivity (Wildman–Crippen MR) is 101 cm³/mol. The van der Waals surface area contributed by atoms with Crippen molar-refractivity contribution < 1.29 is 13.9 Å². The predicted octanol–water partition coefficient (Wildman–Crippen LogP) is 5.77. The Morgan fingerprint density at radius 3 is 2.20 bits per heavy atom. The highest BCUT2D eigenvalue weighted by atomic mass is 35.5. The molecule has 0 saturated heterocycles. The first-order valence-electron chi connectivity index (χ1n) is 8.25. The summed E-state index contributed by atoms with van der Waals surface area (Å²) in [4.78, 5) is 9.60. The molecule has 0 amide bonds. The molecule has 0 unspecified atom stereocenters. The summed E-state index contributed by atoms with van der Waals surface area (Å²) >= 11 is 5.79. The molecule has 4 nitrogen and oxygen atoms in total.